The van der Waals surface area contributed by atoms with Crippen LogP contribution in [0.2, 0.25) is 0 Å². The average Bonchev–Trinajstić information content (AvgIpc) is 2.68. The summed E-state index contributed by atoms with van der Waals surface area (Å²) in [4.78, 5) is 0. The molecular weight excluding hydrogens is 194 g/mol. The highest BCUT2D eigenvalue weighted by atomic mass is 14.9. The Bertz CT molecular complexity index is 356. The van der Waals surface area contributed by atoms with Gasteiger partial charge in [-0.3, -0.25) is 0 Å². The van der Waals surface area contributed by atoms with E-state index in [0.717, 1.165) is 12.3 Å². The number of fused-ring (bicyclic) bond motifs is 1. The Hall–Kier alpha value is -1.08. The van der Waals surface area contributed by atoms with Crippen molar-refractivity contribution in [3.63, 3.8) is 0 Å². The third kappa shape index (κ3) is 2.35. The summed E-state index contributed by atoms with van der Waals surface area (Å²) in [6.45, 7) is 6.14. The van der Waals surface area contributed by atoms with Crippen molar-refractivity contribution in [1.29, 1.82) is 0 Å². The van der Waals surface area contributed by atoms with Crippen molar-refractivity contribution in [3.8, 4) is 0 Å². The SMILES string of the molecule is C=C(C)CC(NC)C1Cc2ccccc2C1. The minimum Gasteiger partial charge on any atom is -0.316 e. The monoisotopic (exact) mass is 215 g/mol. The predicted octanol–water partition coefficient (Wildman–Crippen LogP) is 2.96. The molecule has 1 unspecified atom stereocenters. The van der Waals surface area contributed by atoms with Crippen LogP contribution in [0.25, 0.3) is 0 Å². The van der Waals surface area contributed by atoms with Crippen molar-refractivity contribution in [3.05, 3.63) is 47.5 Å². The Morgan fingerprint density at radius 1 is 1.38 bits per heavy atom. The Kier molecular flexibility index (Phi) is 3.45. The standard InChI is InChI=1S/C15H21N/c1-11(2)8-15(16-3)14-9-12-6-4-5-7-13(12)10-14/h4-7,14-16H,1,8-10H2,2-3H3. The third-order valence-corrected chi connectivity index (χ3v) is 3.59. The average molecular weight is 215 g/mol. The van der Waals surface area contributed by atoms with Gasteiger partial charge in [-0.05, 0) is 50.3 Å². The van der Waals surface area contributed by atoms with E-state index in [-0.39, 0.29) is 0 Å². The van der Waals surface area contributed by atoms with Crippen LogP contribution in [0.4, 0.5) is 0 Å². The Morgan fingerprint density at radius 2 is 1.94 bits per heavy atom. The van der Waals surface area contributed by atoms with Crippen LogP contribution in [0.15, 0.2) is 36.4 Å². The van der Waals surface area contributed by atoms with Gasteiger partial charge in [-0.2, -0.15) is 0 Å². The van der Waals surface area contributed by atoms with E-state index in [4.69, 9.17) is 0 Å². The second kappa shape index (κ2) is 4.84. The van der Waals surface area contributed by atoms with Crippen LogP contribution >= 0.6 is 0 Å². The number of nitrogens with one attached hydrogen (secondary N) is 1. The van der Waals surface area contributed by atoms with E-state index in [2.05, 4.69) is 50.1 Å². The van der Waals surface area contributed by atoms with Gasteiger partial charge in [0.25, 0.3) is 0 Å². The molecule has 1 aromatic rings. The molecule has 0 fully saturated rings. The summed E-state index contributed by atoms with van der Waals surface area (Å²) < 4.78 is 0. The second-order valence-corrected chi connectivity index (χ2v) is 4.99. The van der Waals surface area contributed by atoms with E-state index in [1.807, 2.05) is 0 Å². The molecule has 0 heterocycles. The fourth-order valence-corrected chi connectivity index (χ4v) is 2.76. The van der Waals surface area contributed by atoms with Crippen LogP contribution in [-0.2, 0) is 12.8 Å². The first-order chi connectivity index (χ1) is 7.70. The maximum Gasteiger partial charge on any atom is 0.0136 e. The molecule has 1 N–H and O–H groups in total. The largest absolute Gasteiger partial charge is 0.316 e. The highest BCUT2D eigenvalue weighted by molar-refractivity contribution is 5.32. The van der Waals surface area contributed by atoms with E-state index >= 15 is 0 Å². The van der Waals surface area contributed by atoms with E-state index < -0.39 is 0 Å². The van der Waals surface area contributed by atoms with Gasteiger partial charge >= 0.3 is 0 Å². The summed E-state index contributed by atoms with van der Waals surface area (Å²) in [6.07, 6.45) is 3.53. The van der Waals surface area contributed by atoms with Gasteiger partial charge in [0.15, 0.2) is 0 Å². The first-order valence-corrected chi connectivity index (χ1v) is 6.09. The molecule has 0 radical (unpaired) electrons. The molecular formula is C15H21N. The molecule has 1 aliphatic carbocycles. The Morgan fingerprint density at radius 3 is 2.38 bits per heavy atom. The quantitative estimate of drug-likeness (QED) is 0.761. The molecule has 0 aliphatic heterocycles. The number of benzene rings is 1. The lowest BCUT2D eigenvalue weighted by atomic mass is 9.92. The molecule has 86 valence electrons. The van der Waals surface area contributed by atoms with Crippen molar-refractivity contribution in [2.75, 3.05) is 7.05 Å². The molecule has 1 nitrogen and oxygen atoms in total. The van der Waals surface area contributed by atoms with E-state index in [0.29, 0.717) is 6.04 Å². The van der Waals surface area contributed by atoms with E-state index in [1.165, 1.54) is 29.5 Å². The van der Waals surface area contributed by atoms with Gasteiger partial charge in [0, 0.05) is 6.04 Å². The summed E-state index contributed by atoms with van der Waals surface area (Å²) >= 11 is 0. The van der Waals surface area contributed by atoms with Gasteiger partial charge in [0.1, 0.15) is 0 Å². The predicted molar refractivity (Wildman–Crippen MR) is 69.6 cm³/mol. The summed E-state index contributed by atoms with van der Waals surface area (Å²) in [5.41, 5.74) is 4.35. The minimum absolute atomic E-state index is 0.574. The molecule has 16 heavy (non-hydrogen) atoms. The van der Waals surface area contributed by atoms with Crippen LogP contribution < -0.4 is 5.32 Å². The molecule has 0 saturated heterocycles. The maximum atomic E-state index is 4.02. The minimum atomic E-state index is 0.574. The fraction of sp³-hybridized carbons (Fsp3) is 0.467. The molecule has 0 bridgehead atoms. The fourth-order valence-electron chi connectivity index (χ4n) is 2.76. The molecule has 1 heteroatoms. The summed E-state index contributed by atoms with van der Waals surface area (Å²) in [5, 5.41) is 3.45. The van der Waals surface area contributed by atoms with Crippen LogP contribution in [0.1, 0.15) is 24.5 Å². The molecule has 0 spiro atoms. The van der Waals surface area contributed by atoms with Crippen molar-refractivity contribution >= 4 is 0 Å². The molecule has 0 aromatic heterocycles. The first kappa shape index (κ1) is 11.4. The Labute approximate surface area is 98.6 Å². The van der Waals surface area contributed by atoms with E-state index in [1.54, 1.807) is 0 Å². The lowest BCUT2D eigenvalue weighted by Gasteiger charge is -2.23. The molecule has 1 aromatic carbocycles. The highest BCUT2D eigenvalue weighted by Gasteiger charge is 2.27. The van der Waals surface area contributed by atoms with Gasteiger partial charge in [0.05, 0.1) is 0 Å². The molecule has 0 amide bonds. The summed E-state index contributed by atoms with van der Waals surface area (Å²) in [6, 6.07) is 9.40. The maximum absolute atomic E-state index is 4.02. The van der Waals surface area contributed by atoms with E-state index in [9.17, 15) is 0 Å². The van der Waals surface area contributed by atoms with Gasteiger partial charge in [-0.1, -0.05) is 29.8 Å². The molecule has 0 saturated carbocycles. The third-order valence-electron chi connectivity index (χ3n) is 3.59. The second-order valence-electron chi connectivity index (χ2n) is 4.99. The van der Waals surface area contributed by atoms with Crippen LogP contribution in [0.3, 0.4) is 0 Å². The van der Waals surface area contributed by atoms with Crippen molar-refractivity contribution < 1.29 is 0 Å². The zero-order chi connectivity index (χ0) is 11.5. The number of hydrogen-bond donors (Lipinski definition) is 1. The smallest absolute Gasteiger partial charge is 0.0136 e. The first-order valence-electron chi connectivity index (χ1n) is 6.09. The van der Waals surface area contributed by atoms with Crippen LogP contribution in [0.5, 0.6) is 0 Å². The van der Waals surface area contributed by atoms with Crippen LogP contribution in [0, 0.1) is 5.92 Å². The lowest BCUT2D eigenvalue weighted by molar-refractivity contribution is 0.383. The van der Waals surface area contributed by atoms with Crippen LogP contribution in [-0.4, -0.2) is 13.1 Å². The molecule has 1 atom stereocenters. The zero-order valence-corrected chi connectivity index (χ0v) is 10.3. The van der Waals surface area contributed by atoms with Crippen molar-refractivity contribution in [2.45, 2.75) is 32.2 Å². The molecule has 2 rings (SSSR count). The van der Waals surface area contributed by atoms with Crippen molar-refractivity contribution in [2.24, 2.45) is 5.92 Å². The normalized spacial score (nSPS) is 17.1. The topological polar surface area (TPSA) is 12.0 Å². The zero-order valence-electron chi connectivity index (χ0n) is 10.3. The number of rotatable bonds is 4. The highest BCUT2D eigenvalue weighted by Crippen LogP contribution is 2.30. The summed E-state index contributed by atoms with van der Waals surface area (Å²) in [5.74, 6) is 0.735. The molecule has 1 aliphatic rings. The van der Waals surface area contributed by atoms with Gasteiger partial charge in [-0.25, -0.2) is 0 Å². The van der Waals surface area contributed by atoms with Gasteiger partial charge in [0.2, 0.25) is 0 Å². The summed E-state index contributed by atoms with van der Waals surface area (Å²) in [7, 11) is 2.07. The Balaban J connectivity index is 2.06. The number of hydrogen-bond acceptors (Lipinski definition) is 1. The van der Waals surface area contributed by atoms with Gasteiger partial charge < -0.3 is 5.32 Å². The van der Waals surface area contributed by atoms with Gasteiger partial charge in [-0.15, -0.1) is 6.58 Å². The van der Waals surface area contributed by atoms with Crippen molar-refractivity contribution in [1.82, 2.24) is 5.32 Å². The lowest BCUT2D eigenvalue weighted by Crippen LogP contribution is -2.34.